The predicted octanol–water partition coefficient (Wildman–Crippen LogP) is -1.17. The topological polar surface area (TPSA) is 87.9 Å². The molecule has 19 heavy (non-hydrogen) atoms. The van der Waals surface area contributed by atoms with Crippen molar-refractivity contribution in [1.82, 2.24) is 15.1 Å². The highest BCUT2D eigenvalue weighted by Gasteiger charge is 2.35. The predicted molar refractivity (Wildman–Crippen MR) is 69.5 cm³/mol. The third-order valence-electron chi connectivity index (χ3n) is 3.65. The summed E-state index contributed by atoms with van der Waals surface area (Å²) < 4.78 is 5.23. The molecule has 2 aliphatic rings. The second-order valence-electron chi connectivity index (χ2n) is 4.96. The first kappa shape index (κ1) is 14.1. The SMILES string of the molecule is CCNC(=O)N1CCN(C(=O)C2COCC2N)CC1. The number of rotatable bonds is 2. The molecule has 0 aromatic carbocycles. The van der Waals surface area contributed by atoms with Crippen LogP contribution >= 0.6 is 0 Å². The first-order chi connectivity index (χ1) is 9.13. The molecular formula is C12H22N4O3. The van der Waals surface area contributed by atoms with Crippen LogP contribution in [-0.2, 0) is 9.53 Å². The van der Waals surface area contributed by atoms with Crippen LogP contribution in [0.1, 0.15) is 6.92 Å². The van der Waals surface area contributed by atoms with Crippen LogP contribution in [0.15, 0.2) is 0 Å². The number of piperazine rings is 1. The van der Waals surface area contributed by atoms with Crippen molar-refractivity contribution in [3.63, 3.8) is 0 Å². The van der Waals surface area contributed by atoms with Gasteiger partial charge in [0.25, 0.3) is 0 Å². The lowest BCUT2D eigenvalue weighted by Crippen LogP contribution is -2.55. The number of ether oxygens (including phenoxy) is 1. The Kier molecular flexibility index (Phi) is 4.60. The van der Waals surface area contributed by atoms with Gasteiger partial charge in [-0.2, -0.15) is 0 Å². The molecule has 0 saturated carbocycles. The number of carbonyl (C=O) groups is 2. The van der Waals surface area contributed by atoms with E-state index in [0.717, 1.165) is 0 Å². The lowest BCUT2D eigenvalue weighted by atomic mass is 10.0. The van der Waals surface area contributed by atoms with Gasteiger partial charge in [-0.1, -0.05) is 0 Å². The van der Waals surface area contributed by atoms with E-state index in [-0.39, 0.29) is 23.9 Å². The molecular weight excluding hydrogens is 248 g/mol. The molecule has 7 heteroatoms. The van der Waals surface area contributed by atoms with Gasteiger partial charge in [-0.05, 0) is 6.92 Å². The molecule has 0 radical (unpaired) electrons. The lowest BCUT2D eigenvalue weighted by Gasteiger charge is -2.36. The van der Waals surface area contributed by atoms with Crippen molar-refractivity contribution in [3.8, 4) is 0 Å². The Morgan fingerprint density at radius 2 is 1.84 bits per heavy atom. The van der Waals surface area contributed by atoms with Crippen LogP contribution in [-0.4, -0.2) is 73.7 Å². The van der Waals surface area contributed by atoms with Crippen molar-refractivity contribution in [2.45, 2.75) is 13.0 Å². The Morgan fingerprint density at radius 3 is 2.37 bits per heavy atom. The fourth-order valence-electron chi connectivity index (χ4n) is 2.45. The van der Waals surface area contributed by atoms with Gasteiger partial charge in [-0.25, -0.2) is 4.79 Å². The Hall–Kier alpha value is -1.34. The first-order valence-corrected chi connectivity index (χ1v) is 6.78. The zero-order chi connectivity index (χ0) is 13.8. The molecule has 108 valence electrons. The first-order valence-electron chi connectivity index (χ1n) is 6.78. The summed E-state index contributed by atoms with van der Waals surface area (Å²) in [5.41, 5.74) is 5.85. The number of urea groups is 1. The molecule has 2 aliphatic heterocycles. The third-order valence-corrected chi connectivity index (χ3v) is 3.65. The van der Waals surface area contributed by atoms with Crippen LogP contribution in [0.4, 0.5) is 4.79 Å². The third kappa shape index (κ3) is 3.16. The molecule has 0 aliphatic carbocycles. The molecule has 3 N–H and O–H groups in total. The number of nitrogens with one attached hydrogen (secondary N) is 1. The van der Waals surface area contributed by atoms with Crippen LogP contribution in [0, 0.1) is 5.92 Å². The van der Waals surface area contributed by atoms with Crippen molar-refractivity contribution in [3.05, 3.63) is 0 Å². The van der Waals surface area contributed by atoms with E-state index in [1.807, 2.05) is 6.92 Å². The molecule has 0 aromatic rings. The van der Waals surface area contributed by atoms with Gasteiger partial charge >= 0.3 is 6.03 Å². The summed E-state index contributed by atoms with van der Waals surface area (Å²) in [6.45, 7) is 5.65. The molecule has 2 heterocycles. The number of nitrogens with two attached hydrogens (primary N) is 1. The van der Waals surface area contributed by atoms with Crippen LogP contribution in [0.5, 0.6) is 0 Å². The van der Waals surface area contributed by atoms with Gasteiger partial charge in [-0.15, -0.1) is 0 Å². The van der Waals surface area contributed by atoms with E-state index in [1.54, 1.807) is 9.80 Å². The molecule has 7 nitrogen and oxygen atoms in total. The quantitative estimate of drug-likeness (QED) is 0.662. The monoisotopic (exact) mass is 270 g/mol. The molecule has 0 bridgehead atoms. The summed E-state index contributed by atoms with van der Waals surface area (Å²) in [5, 5.41) is 2.77. The van der Waals surface area contributed by atoms with E-state index in [4.69, 9.17) is 10.5 Å². The number of amides is 3. The molecule has 2 fully saturated rings. The minimum Gasteiger partial charge on any atom is -0.379 e. The molecule has 3 amide bonds. The zero-order valence-corrected chi connectivity index (χ0v) is 11.3. The van der Waals surface area contributed by atoms with E-state index >= 15 is 0 Å². The second kappa shape index (κ2) is 6.21. The van der Waals surface area contributed by atoms with Crippen LogP contribution in [0.2, 0.25) is 0 Å². The zero-order valence-electron chi connectivity index (χ0n) is 11.3. The molecule has 2 unspecified atom stereocenters. The lowest BCUT2D eigenvalue weighted by molar-refractivity contribution is -0.137. The van der Waals surface area contributed by atoms with Crippen molar-refractivity contribution >= 4 is 11.9 Å². The fourth-order valence-corrected chi connectivity index (χ4v) is 2.45. The van der Waals surface area contributed by atoms with Crippen molar-refractivity contribution in [1.29, 1.82) is 0 Å². The minimum atomic E-state index is -0.226. The highest BCUT2D eigenvalue weighted by atomic mass is 16.5. The van der Waals surface area contributed by atoms with Gasteiger partial charge in [0.1, 0.15) is 0 Å². The van der Waals surface area contributed by atoms with Gasteiger partial charge in [0, 0.05) is 38.8 Å². The fraction of sp³-hybridized carbons (Fsp3) is 0.833. The Morgan fingerprint density at radius 1 is 1.21 bits per heavy atom. The Balaban J connectivity index is 1.82. The minimum absolute atomic E-state index is 0.0561. The summed E-state index contributed by atoms with van der Waals surface area (Å²) in [6.07, 6.45) is 0. The highest BCUT2D eigenvalue weighted by Crippen LogP contribution is 2.16. The second-order valence-corrected chi connectivity index (χ2v) is 4.96. The smallest absolute Gasteiger partial charge is 0.317 e. The highest BCUT2D eigenvalue weighted by molar-refractivity contribution is 5.80. The molecule has 0 spiro atoms. The van der Waals surface area contributed by atoms with Crippen molar-refractivity contribution in [2.75, 3.05) is 45.9 Å². The summed E-state index contributed by atoms with van der Waals surface area (Å²) in [7, 11) is 0. The maximum atomic E-state index is 12.3. The largest absolute Gasteiger partial charge is 0.379 e. The van der Waals surface area contributed by atoms with Crippen molar-refractivity contribution < 1.29 is 14.3 Å². The van der Waals surface area contributed by atoms with Gasteiger partial charge < -0.3 is 25.6 Å². The van der Waals surface area contributed by atoms with E-state index < -0.39 is 0 Å². The van der Waals surface area contributed by atoms with Crippen LogP contribution in [0.3, 0.4) is 0 Å². The average molecular weight is 270 g/mol. The number of carbonyl (C=O) groups excluding carboxylic acids is 2. The number of nitrogens with zero attached hydrogens (tertiary/aromatic N) is 2. The van der Waals surface area contributed by atoms with E-state index in [0.29, 0.717) is 45.9 Å². The summed E-state index contributed by atoms with van der Waals surface area (Å²) in [6, 6.07) is -0.260. The van der Waals surface area contributed by atoms with Crippen molar-refractivity contribution in [2.24, 2.45) is 11.7 Å². The molecule has 2 saturated heterocycles. The average Bonchev–Trinajstić information content (AvgIpc) is 2.84. The summed E-state index contributed by atoms with van der Waals surface area (Å²) >= 11 is 0. The maximum Gasteiger partial charge on any atom is 0.317 e. The molecule has 2 rings (SSSR count). The van der Waals surface area contributed by atoms with Gasteiger partial charge in [0.15, 0.2) is 0 Å². The molecule has 2 atom stereocenters. The normalized spacial score (nSPS) is 27.5. The van der Waals surface area contributed by atoms with E-state index in [2.05, 4.69) is 5.32 Å². The maximum absolute atomic E-state index is 12.3. The van der Waals surface area contributed by atoms with Crippen LogP contribution in [0.25, 0.3) is 0 Å². The summed E-state index contributed by atoms with van der Waals surface area (Å²) in [5.74, 6) is -0.170. The van der Waals surface area contributed by atoms with Gasteiger partial charge in [0.05, 0.1) is 19.1 Å². The Bertz CT molecular complexity index is 342. The number of hydrogen-bond acceptors (Lipinski definition) is 4. The van der Waals surface area contributed by atoms with Crippen LogP contribution < -0.4 is 11.1 Å². The summed E-state index contributed by atoms with van der Waals surface area (Å²) in [4.78, 5) is 27.4. The standard InChI is InChI=1S/C12H22N4O3/c1-2-14-12(18)16-5-3-15(4-6-16)11(17)9-7-19-8-10(9)13/h9-10H,2-8,13H2,1H3,(H,14,18). The van der Waals surface area contributed by atoms with E-state index in [9.17, 15) is 9.59 Å². The van der Waals surface area contributed by atoms with Gasteiger partial charge in [-0.3, -0.25) is 4.79 Å². The van der Waals surface area contributed by atoms with Gasteiger partial charge in [0.2, 0.25) is 5.91 Å². The molecule has 0 aromatic heterocycles. The Labute approximate surface area is 113 Å². The van der Waals surface area contributed by atoms with E-state index in [1.165, 1.54) is 0 Å². The number of hydrogen-bond donors (Lipinski definition) is 2.